The quantitative estimate of drug-likeness (QED) is 0.889. The third-order valence-electron chi connectivity index (χ3n) is 4.59. The second kappa shape index (κ2) is 8.23. The maximum Gasteiger partial charge on any atom is 0.236 e. The molecule has 1 aliphatic rings. The fourth-order valence-corrected chi connectivity index (χ4v) is 3.04. The summed E-state index contributed by atoms with van der Waals surface area (Å²) in [6, 6.07) is 8.87. The Hall–Kier alpha value is -2.54. The molecule has 5 nitrogen and oxygen atoms in total. The SMILES string of the molecule is C[C@@H](NCC(=O)N1CCN(c2ccccn2)CC1)c1ccc(F)cc1F. The molecule has 0 spiro atoms. The number of hydrogen-bond acceptors (Lipinski definition) is 4. The Morgan fingerprint density at radius 3 is 2.62 bits per heavy atom. The fourth-order valence-electron chi connectivity index (χ4n) is 3.04. The van der Waals surface area contributed by atoms with E-state index in [1.807, 2.05) is 18.2 Å². The third kappa shape index (κ3) is 4.35. The molecule has 2 aromatic rings. The standard InChI is InChI=1S/C19H22F2N4O/c1-14(16-6-5-15(20)12-17(16)21)23-13-19(26)25-10-8-24(9-11-25)18-4-2-3-7-22-18/h2-7,12,14,23H,8-11,13H2,1H3/t14-/m1/s1. The number of pyridine rings is 1. The lowest BCUT2D eigenvalue weighted by Crippen LogP contribution is -2.51. The van der Waals surface area contributed by atoms with Crippen LogP contribution in [0, 0.1) is 11.6 Å². The van der Waals surface area contributed by atoms with Crippen molar-refractivity contribution in [1.29, 1.82) is 0 Å². The minimum Gasteiger partial charge on any atom is -0.353 e. The highest BCUT2D eigenvalue weighted by Gasteiger charge is 2.22. The largest absolute Gasteiger partial charge is 0.353 e. The van der Waals surface area contributed by atoms with E-state index in [1.54, 1.807) is 18.0 Å². The molecule has 138 valence electrons. The molecule has 1 N–H and O–H groups in total. The maximum atomic E-state index is 13.8. The van der Waals surface area contributed by atoms with E-state index in [1.165, 1.54) is 12.1 Å². The van der Waals surface area contributed by atoms with Gasteiger partial charge in [0.1, 0.15) is 17.5 Å². The molecule has 0 unspecified atom stereocenters. The van der Waals surface area contributed by atoms with Crippen LogP contribution in [0.4, 0.5) is 14.6 Å². The first-order valence-electron chi connectivity index (χ1n) is 8.66. The first kappa shape index (κ1) is 18.3. The van der Waals surface area contributed by atoms with Crippen molar-refractivity contribution < 1.29 is 13.6 Å². The van der Waals surface area contributed by atoms with Crippen LogP contribution in [0.25, 0.3) is 0 Å². The zero-order valence-electron chi connectivity index (χ0n) is 14.7. The van der Waals surface area contributed by atoms with Crippen molar-refractivity contribution in [2.45, 2.75) is 13.0 Å². The molecule has 26 heavy (non-hydrogen) atoms. The predicted octanol–water partition coefficient (Wildman–Crippen LogP) is 2.36. The summed E-state index contributed by atoms with van der Waals surface area (Å²) in [6.45, 7) is 4.56. The molecule has 1 fully saturated rings. The van der Waals surface area contributed by atoms with E-state index in [-0.39, 0.29) is 18.5 Å². The number of halogens is 2. The van der Waals surface area contributed by atoms with E-state index in [2.05, 4.69) is 15.2 Å². The number of hydrogen-bond donors (Lipinski definition) is 1. The van der Waals surface area contributed by atoms with Crippen LogP contribution in [0.5, 0.6) is 0 Å². The molecular formula is C19H22F2N4O. The fraction of sp³-hybridized carbons (Fsp3) is 0.368. The van der Waals surface area contributed by atoms with Crippen molar-refractivity contribution in [3.63, 3.8) is 0 Å². The van der Waals surface area contributed by atoms with Crippen LogP contribution in [0.3, 0.4) is 0 Å². The zero-order valence-corrected chi connectivity index (χ0v) is 14.7. The number of piperazine rings is 1. The van der Waals surface area contributed by atoms with Gasteiger partial charge in [0.2, 0.25) is 5.91 Å². The molecule has 1 aliphatic heterocycles. The number of nitrogens with one attached hydrogen (secondary N) is 1. The monoisotopic (exact) mass is 360 g/mol. The molecule has 0 radical (unpaired) electrons. The van der Waals surface area contributed by atoms with E-state index in [0.29, 0.717) is 18.7 Å². The van der Waals surface area contributed by atoms with Gasteiger partial charge in [0.05, 0.1) is 6.54 Å². The Labute approximate surface area is 151 Å². The van der Waals surface area contributed by atoms with Crippen LogP contribution in [0.1, 0.15) is 18.5 Å². The normalized spacial score (nSPS) is 15.8. The van der Waals surface area contributed by atoms with E-state index in [4.69, 9.17) is 0 Å². The number of carbonyl (C=O) groups excluding carboxylic acids is 1. The van der Waals surface area contributed by atoms with Gasteiger partial charge in [0.25, 0.3) is 0 Å². The molecule has 2 heterocycles. The topological polar surface area (TPSA) is 48.5 Å². The van der Waals surface area contributed by atoms with Crippen LogP contribution in [-0.2, 0) is 4.79 Å². The summed E-state index contributed by atoms with van der Waals surface area (Å²) in [5.41, 5.74) is 0.346. The van der Waals surface area contributed by atoms with Gasteiger partial charge >= 0.3 is 0 Å². The van der Waals surface area contributed by atoms with Gasteiger partial charge in [-0.25, -0.2) is 13.8 Å². The number of rotatable bonds is 5. The first-order valence-corrected chi connectivity index (χ1v) is 8.66. The van der Waals surface area contributed by atoms with E-state index >= 15 is 0 Å². The molecule has 7 heteroatoms. The van der Waals surface area contributed by atoms with Gasteiger partial charge in [-0.1, -0.05) is 12.1 Å². The Balaban J connectivity index is 1.48. The smallest absolute Gasteiger partial charge is 0.236 e. The Morgan fingerprint density at radius 1 is 1.19 bits per heavy atom. The van der Waals surface area contributed by atoms with Crippen molar-refractivity contribution in [3.8, 4) is 0 Å². The zero-order chi connectivity index (χ0) is 18.5. The van der Waals surface area contributed by atoms with Crippen molar-refractivity contribution >= 4 is 11.7 Å². The molecule has 0 aliphatic carbocycles. The average molecular weight is 360 g/mol. The van der Waals surface area contributed by atoms with E-state index in [0.717, 1.165) is 25.0 Å². The molecule has 0 bridgehead atoms. The van der Waals surface area contributed by atoms with Gasteiger partial charge in [-0.05, 0) is 25.1 Å². The van der Waals surface area contributed by atoms with Crippen molar-refractivity contribution in [3.05, 3.63) is 59.8 Å². The molecular weight excluding hydrogens is 338 g/mol. The minimum absolute atomic E-state index is 0.0277. The highest BCUT2D eigenvalue weighted by molar-refractivity contribution is 5.78. The van der Waals surface area contributed by atoms with Gasteiger partial charge in [-0.2, -0.15) is 0 Å². The number of amides is 1. The predicted molar refractivity (Wildman–Crippen MR) is 95.8 cm³/mol. The van der Waals surface area contributed by atoms with Crippen LogP contribution in [0.2, 0.25) is 0 Å². The number of carbonyl (C=O) groups is 1. The van der Waals surface area contributed by atoms with Gasteiger partial charge in [-0.3, -0.25) is 4.79 Å². The van der Waals surface area contributed by atoms with Gasteiger partial charge < -0.3 is 15.1 Å². The van der Waals surface area contributed by atoms with Gasteiger partial charge in [0, 0.05) is 50.0 Å². The van der Waals surface area contributed by atoms with Crippen molar-refractivity contribution in [1.82, 2.24) is 15.2 Å². The van der Waals surface area contributed by atoms with Crippen LogP contribution < -0.4 is 10.2 Å². The summed E-state index contributed by atoms with van der Waals surface area (Å²) in [5.74, 6) is -0.333. The molecule has 1 saturated heterocycles. The molecule has 1 aromatic heterocycles. The number of anilines is 1. The molecule has 1 aromatic carbocycles. The van der Waals surface area contributed by atoms with Crippen molar-refractivity contribution in [2.24, 2.45) is 0 Å². The lowest BCUT2D eigenvalue weighted by atomic mass is 10.1. The van der Waals surface area contributed by atoms with Gasteiger partial charge in [0.15, 0.2) is 0 Å². The molecule has 0 saturated carbocycles. The average Bonchev–Trinajstić information content (AvgIpc) is 2.66. The van der Waals surface area contributed by atoms with Crippen molar-refractivity contribution in [2.75, 3.05) is 37.6 Å². The summed E-state index contributed by atoms with van der Waals surface area (Å²) in [4.78, 5) is 20.7. The van der Waals surface area contributed by atoms with E-state index in [9.17, 15) is 13.6 Å². The highest BCUT2D eigenvalue weighted by atomic mass is 19.1. The molecule has 1 amide bonds. The van der Waals surface area contributed by atoms with Crippen LogP contribution >= 0.6 is 0 Å². The first-order chi connectivity index (χ1) is 12.5. The minimum atomic E-state index is -0.611. The van der Waals surface area contributed by atoms with Crippen LogP contribution in [0.15, 0.2) is 42.6 Å². The van der Waals surface area contributed by atoms with E-state index < -0.39 is 11.6 Å². The lowest BCUT2D eigenvalue weighted by molar-refractivity contribution is -0.130. The Morgan fingerprint density at radius 2 is 1.96 bits per heavy atom. The Bertz CT molecular complexity index is 748. The number of benzene rings is 1. The summed E-state index contributed by atoms with van der Waals surface area (Å²) < 4.78 is 26.8. The number of aromatic nitrogens is 1. The van der Waals surface area contributed by atoms with Crippen LogP contribution in [-0.4, -0.2) is 48.5 Å². The molecule has 1 atom stereocenters. The summed E-state index contributed by atoms with van der Waals surface area (Å²) >= 11 is 0. The summed E-state index contributed by atoms with van der Waals surface area (Å²) in [6.07, 6.45) is 1.76. The summed E-state index contributed by atoms with van der Waals surface area (Å²) in [7, 11) is 0. The highest BCUT2D eigenvalue weighted by Crippen LogP contribution is 2.18. The second-order valence-electron chi connectivity index (χ2n) is 6.32. The molecule has 3 rings (SSSR count). The summed E-state index contributed by atoms with van der Waals surface area (Å²) in [5, 5.41) is 3.02. The maximum absolute atomic E-state index is 13.8. The van der Waals surface area contributed by atoms with Gasteiger partial charge in [-0.15, -0.1) is 0 Å². The Kier molecular flexibility index (Phi) is 5.78. The lowest BCUT2D eigenvalue weighted by Gasteiger charge is -2.35. The third-order valence-corrected chi connectivity index (χ3v) is 4.59. The number of nitrogens with zero attached hydrogens (tertiary/aromatic N) is 3. The second-order valence-corrected chi connectivity index (χ2v) is 6.32.